The van der Waals surface area contributed by atoms with Crippen LogP contribution in [0.3, 0.4) is 0 Å². The Kier molecular flexibility index (Phi) is 6.62. The first kappa shape index (κ1) is 15.3. The fourth-order valence-corrected chi connectivity index (χ4v) is 3.75. The summed E-state index contributed by atoms with van der Waals surface area (Å²) in [7, 11) is 3.63. The van der Waals surface area contributed by atoms with E-state index in [0.717, 1.165) is 13.2 Å². The summed E-state index contributed by atoms with van der Waals surface area (Å²) in [4.78, 5) is 0. The van der Waals surface area contributed by atoms with E-state index in [-0.39, 0.29) is 12.2 Å². The van der Waals surface area contributed by atoms with Crippen LogP contribution in [0.2, 0.25) is 0 Å². The first-order valence-electron chi connectivity index (χ1n) is 7.98. The van der Waals surface area contributed by atoms with E-state index in [9.17, 15) is 0 Å². The summed E-state index contributed by atoms with van der Waals surface area (Å²) in [6.45, 7) is 1.46. The normalized spacial score (nSPS) is 24.9. The number of ether oxygens (including phenoxy) is 3. The van der Waals surface area contributed by atoms with Gasteiger partial charge in [-0.15, -0.1) is 0 Å². The lowest BCUT2D eigenvalue weighted by Gasteiger charge is -2.25. The lowest BCUT2D eigenvalue weighted by molar-refractivity contribution is -0.0649. The third kappa shape index (κ3) is 4.44. The Balaban J connectivity index is 1.68. The van der Waals surface area contributed by atoms with Gasteiger partial charge in [0.2, 0.25) is 0 Å². The highest BCUT2D eigenvalue weighted by Crippen LogP contribution is 2.30. The summed E-state index contributed by atoms with van der Waals surface area (Å²) >= 11 is 0. The Labute approximate surface area is 118 Å². The van der Waals surface area contributed by atoms with Gasteiger partial charge in [0, 0.05) is 14.2 Å². The van der Waals surface area contributed by atoms with Crippen molar-refractivity contribution >= 4 is 0 Å². The van der Waals surface area contributed by atoms with Gasteiger partial charge >= 0.3 is 0 Å². The van der Waals surface area contributed by atoms with Gasteiger partial charge in [0.1, 0.15) is 0 Å². The number of hydrogen-bond acceptors (Lipinski definition) is 3. The van der Waals surface area contributed by atoms with E-state index < -0.39 is 0 Å². The Morgan fingerprint density at radius 1 is 0.737 bits per heavy atom. The van der Waals surface area contributed by atoms with Crippen LogP contribution in [0, 0.1) is 11.8 Å². The van der Waals surface area contributed by atoms with Crippen molar-refractivity contribution in [2.24, 2.45) is 11.8 Å². The van der Waals surface area contributed by atoms with Crippen LogP contribution in [0.1, 0.15) is 51.4 Å². The van der Waals surface area contributed by atoms with Crippen LogP contribution in [0.25, 0.3) is 0 Å². The van der Waals surface area contributed by atoms with E-state index in [4.69, 9.17) is 14.2 Å². The molecule has 0 spiro atoms. The van der Waals surface area contributed by atoms with Gasteiger partial charge < -0.3 is 14.2 Å². The molecular formula is C16H30O3. The van der Waals surface area contributed by atoms with Crippen LogP contribution in [0.5, 0.6) is 0 Å². The topological polar surface area (TPSA) is 27.7 Å². The lowest BCUT2D eigenvalue weighted by atomic mass is 10.0. The quantitative estimate of drug-likeness (QED) is 0.676. The van der Waals surface area contributed by atoms with Gasteiger partial charge in [0.15, 0.2) is 0 Å². The summed E-state index contributed by atoms with van der Waals surface area (Å²) in [6, 6.07) is 0. The molecule has 2 atom stereocenters. The highest BCUT2D eigenvalue weighted by Gasteiger charge is 2.27. The largest absolute Gasteiger partial charge is 0.379 e. The summed E-state index contributed by atoms with van der Waals surface area (Å²) in [5.74, 6) is 1.41. The second-order valence-corrected chi connectivity index (χ2v) is 6.17. The van der Waals surface area contributed by atoms with E-state index in [0.29, 0.717) is 11.8 Å². The minimum absolute atomic E-state index is 0.281. The Morgan fingerprint density at radius 2 is 1.11 bits per heavy atom. The predicted molar refractivity (Wildman–Crippen MR) is 76.3 cm³/mol. The molecule has 0 aliphatic heterocycles. The van der Waals surface area contributed by atoms with Gasteiger partial charge in [-0.2, -0.15) is 0 Å². The van der Waals surface area contributed by atoms with Crippen molar-refractivity contribution in [2.45, 2.75) is 63.6 Å². The standard InChI is InChI=1S/C16H30O3/c1-17-15(13-7-3-4-8-13)11-19-12-16(18-2)14-9-5-6-10-14/h13-16H,3-12H2,1-2H3. The number of methoxy groups -OCH3 is 2. The molecule has 0 radical (unpaired) electrons. The fraction of sp³-hybridized carbons (Fsp3) is 1.00. The monoisotopic (exact) mass is 270 g/mol. The van der Waals surface area contributed by atoms with Crippen molar-refractivity contribution in [3.63, 3.8) is 0 Å². The molecule has 0 N–H and O–H groups in total. The van der Waals surface area contributed by atoms with Gasteiger partial charge in [-0.1, -0.05) is 25.7 Å². The summed E-state index contributed by atoms with van der Waals surface area (Å²) in [5.41, 5.74) is 0. The molecule has 2 saturated carbocycles. The van der Waals surface area contributed by atoms with Crippen molar-refractivity contribution < 1.29 is 14.2 Å². The third-order valence-electron chi connectivity index (χ3n) is 5.02. The van der Waals surface area contributed by atoms with E-state index >= 15 is 0 Å². The van der Waals surface area contributed by atoms with E-state index in [1.807, 2.05) is 14.2 Å². The number of hydrogen-bond donors (Lipinski definition) is 0. The highest BCUT2D eigenvalue weighted by molar-refractivity contribution is 4.78. The molecule has 112 valence electrons. The van der Waals surface area contributed by atoms with Crippen LogP contribution in [-0.4, -0.2) is 39.6 Å². The Morgan fingerprint density at radius 3 is 1.42 bits per heavy atom. The molecule has 19 heavy (non-hydrogen) atoms. The lowest BCUT2D eigenvalue weighted by Crippen LogP contribution is -2.31. The molecule has 2 fully saturated rings. The molecule has 0 heterocycles. The van der Waals surface area contributed by atoms with Gasteiger partial charge in [-0.3, -0.25) is 0 Å². The maximum atomic E-state index is 5.91. The minimum Gasteiger partial charge on any atom is -0.379 e. The van der Waals surface area contributed by atoms with Crippen LogP contribution in [-0.2, 0) is 14.2 Å². The molecule has 3 nitrogen and oxygen atoms in total. The molecule has 2 unspecified atom stereocenters. The highest BCUT2D eigenvalue weighted by atomic mass is 16.5. The Hall–Kier alpha value is -0.120. The van der Waals surface area contributed by atoms with Crippen molar-refractivity contribution in [3.05, 3.63) is 0 Å². The molecule has 2 aliphatic carbocycles. The zero-order valence-electron chi connectivity index (χ0n) is 12.6. The van der Waals surface area contributed by atoms with E-state index in [1.54, 1.807) is 0 Å². The molecule has 0 aromatic heterocycles. The van der Waals surface area contributed by atoms with Gasteiger partial charge in [0.25, 0.3) is 0 Å². The van der Waals surface area contributed by atoms with Crippen LogP contribution in [0.15, 0.2) is 0 Å². The van der Waals surface area contributed by atoms with Crippen molar-refractivity contribution in [1.29, 1.82) is 0 Å². The molecule has 0 bridgehead atoms. The molecule has 0 aromatic carbocycles. The van der Waals surface area contributed by atoms with Crippen molar-refractivity contribution in [3.8, 4) is 0 Å². The van der Waals surface area contributed by atoms with Crippen molar-refractivity contribution in [2.75, 3.05) is 27.4 Å². The first-order chi connectivity index (χ1) is 9.35. The molecule has 0 saturated heterocycles. The van der Waals surface area contributed by atoms with E-state index in [2.05, 4.69) is 0 Å². The molecule has 3 heteroatoms. The van der Waals surface area contributed by atoms with Gasteiger partial charge in [0.05, 0.1) is 25.4 Å². The Bertz CT molecular complexity index is 208. The predicted octanol–water partition coefficient (Wildman–Crippen LogP) is 3.41. The average Bonchev–Trinajstić information content (AvgIpc) is 3.12. The van der Waals surface area contributed by atoms with Crippen LogP contribution < -0.4 is 0 Å². The summed E-state index contributed by atoms with van der Waals surface area (Å²) < 4.78 is 17.1. The average molecular weight is 270 g/mol. The molecule has 0 aromatic rings. The molecule has 2 aliphatic rings. The minimum atomic E-state index is 0.281. The summed E-state index contributed by atoms with van der Waals surface area (Å²) in [5, 5.41) is 0. The van der Waals surface area contributed by atoms with Crippen LogP contribution >= 0.6 is 0 Å². The SMILES string of the molecule is COC(COCC(OC)C1CCCC1)C1CCCC1. The first-order valence-corrected chi connectivity index (χ1v) is 7.98. The number of rotatable bonds is 8. The maximum Gasteiger partial charge on any atom is 0.0832 e. The van der Waals surface area contributed by atoms with Crippen LogP contribution in [0.4, 0.5) is 0 Å². The van der Waals surface area contributed by atoms with Gasteiger partial charge in [-0.25, -0.2) is 0 Å². The molecule has 2 rings (SSSR count). The zero-order valence-corrected chi connectivity index (χ0v) is 12.6. The maximum absolute atomic E-state index is 5.91. The van der Waals surface area contributed by atoms with E-state index in [1.165, 1.54) is 51.4 Å². The van der Waals surface area contributed by atoms with Gasteiger partial charge in [-0.05, 0) is 37.5 Å². The second-order valence-electron chi connectivity index (χ2n) is 6.17. The molecule has 0 amide bonds. The molecular weight excluding hydrogens is 240 g/mol. The summed E-state index contributed by atoms with van der Waals surface area (Å²) in [6.07, 6.45) is 11.2. The zero-order chi connectivity index (χ0) is 13.5. The second kappa shape index (κ2) is 8.23. The third-order valence-corrected chi connectivity index (χ3v) is 5.02. The fourth-order valence-electron chi connectivity index (χ4n) is 3.75. The van der Waals surface area contributed by atoms with Crippen molar-refractivity contribution in [1.82, 2.24) is 0 Å². The smallest absolute Gasteiger partial charge is 0.0832 e.